The topological polar surface area (TPSA) is 98.3 Å². The standard InChI is InChI=1S/C37H46ClFN8O3/c1-4-36(48)43-30-19-31(42-34-21-35(41-23-40-34)47-28(12-17-50-47)18-25-6-5-7-29(39)37(25)38)33(49-3)20-32(30)44-13-10-26(11-14-44)45-15-16-46(24(2)22-45)27-8-9-27/h4-7,19-21,23-24,26-28H,1,8-18,22H2,2-3H3,(H,43,48)(H,40,41,42)/t24-,28-/m1/s1. The van der Waals surface area contributed by atoms with E-state index in [9.17, 15) is 9.18 Å². The van der Waals surface area contributed by atoms with Crippen LogP contribution < -0.4 is 25.3 Å². The van der Waals surface area contributed by atoms with Gasteiger partial charge in [0.2, 0.25) is 5.91 Å². The van der Waals surface area contributed by atoms with Crippen LogP contribution in [0.25, 0.3) is 0 Å². The Kier molecular flexibility index (Phi) is 10.4. The number of anilines is 5. The molecule has 1 aromatic heterocycles. The van der Waals surface area contributed by atoms with Gasteiger partial charge in [0.25, 0.3) is 0 Å². The molecule has 4 aliphatic rings. The van der Waals surface area contributed by atoms with Crippen molar-refractivity contribution in [3.8, 4) is 5.75 Å². The van der Waals surface area contributed by atoms with Crippen molar-refractivity contribution in [1.29, 1.82) is 0 Å². The first-order chi connectivity index (χ1) is 24.3. The first kappa shape index (κ1) is 34.5. The number of methoxy groups -OCH3 is 1. The molecule has 2 atom stereocenters. The van der Waals surface area contributed by atoms with Crippen LogP contribution in [0.4, 0.5) is 33.1 Å². The number of hydrogen-bond acceptors (Lipinski definition) is 10. The number of nitrogens with zero attached hydrogens (tertiary/aromatic N) is 6. The summed E-state index contributed by atoms with van der Waals surface area (Å²) in [4.78, 5) is 35.2. The molecule has 0 radical (unpaired) electrons. The van der Waals surface area contributed by atoms with Crippen LogP contribution in [0.1, 0.15) is 44.6 Å². The molecule has 7 rings (SSSR count). The summed E-state index contributed by atoms with van der Waals surface area (Å²) < 4.78 is 20.0. The van der Waals surface area contributed by atoms with Crippen LogP contribution in [-0.2, 0) is 16.1 Å². The Morgan fingerprint density at radius 3 is 2.64 bits per heavy atom. The molecule has 0 bridgehead atoms. The Labute approximate surface area is 298 Å². The molecule has 1 aliphatic carbocycles. The zero-order valence-corrected chi connectivity index (χ0v) is 29.5. The molecule has 266 valence electrons. The van der Waals surface area contributed by atoms with Crippen molar-refractivity contribution in [3.05, 3.63) is 71.8 Å². The van der Waals surface area contributed by atoms with E-state index in [-0.39, 0.29) is 17.0 Å². The Balaban J connectivity index is 1.07. The molecular weight excluding hydrogens is 659 g/mol. The monoisotopic (exact) mass is 704 g/mol. The number of benzene rings is 2. The van der Waals surface area contributed by atoms with E-state index in [0.717, 1.165) is 57.2 Å². The van der Waals surface area contributed by atoms with E-state index in [1.165, 1.54) is 37.9 Å². The maximum Gasteiger partial charge on any atom is 0.247 e. The second-order valence-corrected chi connectivity index (χ2v) is 14.1. The number of ether oxygens (including phenoxy) is 1. The van der Waals surface area contributed by atoms with Gasteiger partial charge in [-0.2, -0.15) is 0 Å². The second kappa shape index (κ2) is 15.1. The molecule has 4 fully saturated rings. The van der Waals surface area contributed by atoms with Crippen LogP contribution in [0.5, 0.6) is 5.75 Å². The number of piperazine rings is 1. The zero-order chi connectivity index (χ0) is 34.8. The van der Waals surface area contributed by atoms with Gasteiger partial charge in [0, 0.05) is 63.0 Å². The summed E-state index contributed by atoms with van der Waals surface area (Å²) in [5.41, 5.74) is 2.90. The quantitative estimate of drug-likeness (QED) is 0.230. The SMILES string of the molecule is C=CC(=O)Nc1cc(Nc2cc(N3OCC[C@@H]3Cc3cccc(F)c3Cl)ncn2)c(OC)cc1N1CCC(N2CCN(C3CC3)[C@H](C)C2)CC1. The van der Waals surface area contributed by atoms with Crippen LogP contribution in [0.2, 0.25) is 5.02 Å². The van der Waals surface area contributed by atoms with Gasteiger partial charge >= 0.3 is 0 Å². The number of rotatable bonds is 11. The molecule has 3 saturated heterocycles. The van der Waals surface area contributed by atoms with Gasteiger partial charge in [0.1, 0.15) is 23.7 Å². The molecule has 0 spiro atoms. The molecule has 1 saturated carbocycles. The van der Waals surface area contributed by atoms with E-state index in [0.29, 0.717) is 59.4 Å². The van der Waals surface area contributed by atoms with Crippen molar-refractivity contribution in [2.75, 3.05) is 67.0 Å². The van der Waals surface area contributed by atoms with Crippen LogP contribution in [0.15, 0.2) is 55.4 Å². The lowest BCUT2D eigenvalue weighted by atomic mass is 9.99. The highest BCUT2D eigenvalue weighted by Crippen LogP contribution is 2.40. The first-order valence-corrected chi connectivity index (χ1v) is 18.0. The van der Waals surface area contributed by atoms with E-state index in [1.54, 1.807) is 24.3 Å². The van der Waals surface area contributed by atoms with E-state index in [1.807, 2.05) is 18.2 Å². The van der Waals surface area contributed by atoms with Crippen LogP contribution in [0, 0.1) is 5.82 Å². The third kappa shape index (κ3) is 7.53. The van der Waals surface area contributed by atoms with Gasteiger partial charge in [-0.3, -0.25) is 19.4 Å². The lowest BCUT2D eigenvalue weighted by molar-refractivity contribution is -0.111. The first-order valence-electron chi connectivity index (χ1n) is 17.7. The molecule has 0 unspecified atom stereocenters. The predicted molar refractivity (Wildman–Crippen MR) is 195 cm³/mol. The van der Waals surface area contributed by atoms with Crippen molar-refractivity contribution in [3.63, 3.8) is 0 Å². The average molecular weight is 705 g/mol. The highest BCUT2D eigenvalue weighted by Gasteiger charge is 2.37. The van der Waals surface area contributed by atoms with Gasteiger partial charge in [-0.25, -0.2) is 19.4 Å². The highest BCUT2D eigenvalue weighted by molar-refractivity contribution is 6.31. The third-order valence-electron chi connectivity index (χ3n) is 10.5. The largest absolute Gasteiger partial charge is 0.494 e. The molecule has 2 aromatic carbocycles. The summed E-state index contributed by atoms with van der Waals surface area (Å²) in [6.07, 6.45) is 8.79. The number of nitrogens with one attached hydrogen (secondary N) is 2. The van der Waals surface area contributed by atoms with Crippen molar-refractivity contribution in [2.45, 2.75) is 69.6 Å². The van der Waals surface area contributed by atoms with E-state index in [4.69, 9.17) is 21.2 Å². The molecule has 4 heterocycles. The fraction of sp³-hybridized carbons (Fsp3) is 0.486. The number of carbonyl (C=O) groups excluding carboxylic acids is 1. The van der Waals surface area contributed by atoms with Crippen molar-refractivity contribution in [1.82, 2.24) is 19.8 Å². The van der Waals surface area contributed by atoms with Gasteiger partial charge in [-0.05, 0) is 69.2 Å². The predicted octanol–water partition coefficient (Wildman–Crippen LogP) is 6.04. The minimum Gasteiger partial charge on any atom is -0.494 e. The summed E-state index contributed by atoms with van der Waals surface area (Å²) in [5, 5.41) is 8.25. The molecule has 50 heavy (non-hydrogen) atoms. The van der Waals surface area contributed by atoms with E-state index in [2.05, 4.69) is 48.8 Å². The Bertz CT molecular complexity index is 1700. The Morgan fingerprint density at radius 1 is 1.08 bits per heavy atom. The molecule has 11 nitrogen and oxygen atoms in total. The van der Waals surface area contributed by atoms with Gasteiger partial charge in [0.15, 0.2) is 5.82 Å². The summed E-state index contributed by atoms with van der Waals surface area (Å²) >= 11 is 6.26. The second-order valence-electron chi connectivity index (χ2n) is 13.7. The maximum atomic E-state index is 14.1. The molecule has 2 N–H and O–H groups in total. The number of carbonyl (C=O) groups is 1. The van der Waals surface area contributed by atoms with Crippen molar-refractivity contribution < 1.29 is 18.8 Å². The maximum absolute atomic E-state index is 14.1. The summed E-state index contributed by atoms with van der Waals surface area (Å²) in [6, 6.07) is 12.4. The molecule has 3 aliphatic heterocycles. The van der Waals surface area contributed by atoms with Gasteiger partial charge in [0.05, 0.1) is 41.8 Å². The summed E-state index contributed by atoms with van der Waals surface area (Å²) in [7, 11) is 1.63. The van der Waals surface area contributed by atoms with Gasteiger partial charge in [-0.1, -0.05) is 30.3 Å². The average Bonchev–Trinajstić information content (AvgIpc) is 3.87. The molecule has 13 heteroatoms. The fourth-order valence-corrected chi connectivity index (χ4v) is 7.92. The number of halogens is 2. The van der Waals surface area contributed by atoms with Crippen molar-refractivity contribution >= 4 is 46.2 Å². The Hall–Kier alpha value is -3.97. The van der Waals surface area contributed by atoms with Crippen LogP contribution >= 0.6 is 11.6 Å². The van der Waals surface area contributed by atoms with Gasteiger partial charge < -0.3 is 20.3 Å². The Morgan fingerprint density at radius 2 is 1.90 bits per heavy atom. The summed E-state index contributed by atoms with van der Waals surface area (Å²) in [6.45, 7) is 11.7. The number of piperidine rings is 1. The lowest BCUT2D eigenvalue weighted by Crippen LogP contribution is -2.57. The lowest BCUT2D eigenvalue weighted by Gasteiger charge is -2.46. The normalized spacial score (nSPS) is 22.1. The van der Waals surface area contributed by atoms with Gasteiger partial charge in [-0.15, -0.1) is 0 Å². The van der Waals surface area contributed by atoms with E-state index >= 15 is 0 Å². The zero-order valence-electron chi connectivity index (χ0n) is 28.8. The van der Waals surface area contributed by atoms with Crippen LogP contribution in [0.3, 0.4) is 0 Å². The van der Waals surface area contributed by atoms with Crippen LogP contribution in [-0.4, -0.2) is 96.3 Å². The number of amides is 1. The number of hydrogen-bond donors (Lipinski definition) is 2. The molecule has 3 aromatic rings. The minimum atomic E-state index is -0.441. The summed E-state index contributed by atoms with van der Waals surface area (Å²) in [5.74, 6) is 0.944. The molecular formula is C37H46ClFN8O3. The third-order valence-corrected chi connectivity index (χ3v) is 10.9. The van der Waals surface area contributed by atoms with E-state index < -0.39 is 5.82 Å². The molecule has 1 amide bonds. The number of hydroxylamine groups is 1. The van der Waals surface area contributed by atoms with Crippen molar-refractivity contribution in [2.24, 2.45) is 0 Å². The number of aromatic nitrogens is 2. The fourth-order valence-electron chi connectivity index (χ4n) is 7.71. The highest BCUT2D eigenvalue weighted by atomic mass is 35.5. The smallest absolute Gasteiger partial charge is 0.247 e. The minimum absolute atomic E-state index is 0.0912.